The molecule has 1 fully saturated rings. The fraction of sp³-hybridized carbons (Fsp3) is 0.682. The van der Waals surface area contributed by atoms with Gasteiger partial charge in [-0.05, 0) is 5.56 Å². The van der Waals surface area contributed by atoms with Crippen LogP contribution in [0.25, 0.3) is 0 Å². The molecule has 0 aliphatic carbocycles. The minimum atomic E-state index is -0.558. The maximum absolute atomic E-state index is 11.0. The fourth-order valence-electron chi connectivity index (χ4n) is 3.53. The SMILES string of the molecule is COCOC[C@H]1OC(Cc2ccc(C=O)cc2)[C@H](OCOC)[C@@H](OCOC)[C@@H]1OCOC. The molecule has 182 valence electrons. The van der Waals surface area contributed by atoms with Gasteiger partial charge in [0, 0.05) is 40.4 Å². The second kappa shape index (κ2) is 15.4. The van der Waals surface area contributed by atoms with Crippen LogP contribution in [0.4, 0.5) is 0 Å². The number of aldehydes is 1. The lowest BCUT2D eigenvalue weighted by atomic mass is 9.91. The number of ether oxygens (including phenoxy) is 9. The molecule has 10 heteroatoms. The van der Waals surface area contributed by atoms with Gasteiger partial charge in [0.2, 0.25) is 0 Å². The predicted molar refractivity (Wildman–Crippen MR) is 112 cm³/mol. The molecule has 1 aliphatic heterocycles. The van der Waals surface area contributed by atoms with Crippen LogP contribution in [0, 0.1) is 0 Å². The van der Waals surface area contributed by atoms with Gasteiger partial charge in [0.1, 0.15) is 57.9 Å². The third-order valence-corrected chi connectivity index (χ3v) is 4.90. The number of carbonyl (C=O) groups is 1. The van der Waals surface area contributed by atoms with E-state index in [0.29, 0.717) is 12.0 Å². The average Bonchev–Trinajstić information content (AvgIpc) is 2.82. The largest absolute Gasteiger partial charge is 0.367 e. The Morgan fingerprint density at radius 3 is 1.81 bits per heavy atom. The van der Waals surface area contributed by atoms with Crippen molar-refractivity contribution in [2.45, 2.75) is 36.9 Å². The lowest BCUT2D eigenvalue weighted by Crippen LogP contribution is -2.62. The summed E-state index contributed by atoms with van der Waals surface area (Å²) >= 11 is 0. The molecule has 0 saturated carbocycles. The smallest absolute Gasteiger partial charge is 0.150 e. The van der Waals surface area contributed by atoms with Crippen molar-refractivity contribution in [3.63, 3.8) is 0 Å². The van der Waals surface area contributed by atoms with Gasteiger partial charge in [0.25, 0.3) is 0 Å². The van der Waals surface area contributed by atoms with Gasteiger partial charge in [-0.1, -0.05) is 24.3 Å². The molecule has 10 nitrogen and oxygen atoms in total. The van der Waals surface area contributed by atoms with Crippen LogP contribution in [-0.2, 0) is 49.1 Å². The summed E-state index contributed by atoms with van der Waals surface area (Å²) in [7, 11) is 6.17. The van der Waals surface area contributed by atoms with Gasteiger partial charge in [-0.2, -0.15) is 0 Å². The van der Waals surface area contributed by atoms with E-state index in [1.54, 1.807) is 33.5 Å². The van der Waals surface area contributed by atoms with E-state index in [9.17, 15) is 4.79 Å². The molecule has 1 aromatic carbocycles. The Morgan fingerprint density at radius 2 is 1.28 bits per heavy atom. The molecule has 1 saturated heterocycles. The topological polar surface area (TPSA) is 100 Å². The van der Waals surface area contributed by atoms with Gasteiger partial charge >= 0.3 is 0 Å². The van der Waals surface area contributed by atoms with Gasteiger partial charge in [0.15, 0.2) is 0 Å². The second-order valence-corrected chi connectivity index (χ2v) is 7.17. The van der Waals surface area contributed by atoms with E-state index in [0.717, 1.165) is 11.8 Å². The standard InChI is InChI=1S/C22H34O10/c1-24-12-28-11-19-21(30-14-26-3)22(31-15-27-4)20(29-13-25-2)18(32-19)9-16-5-7-17(10-23)8-6-16/h5-8,10,18-22H,9,11-15H2,1-4H3/t18?,19-,20+,21-,22-/m1/s1. The highest BCUT2D eigenvalue weighted by Crippen LogP contribution is 2.30. The lowest BCUT2D eigenvalue weighted by molar-refractivity contribution is -0.297. The van der Waals surface area contributed by atoms with Gasteiger partial charge in [-0.15, -0.1) is 0 Å². The van der Waals surface area contributed by atoms with Crippen LogP contribution in [0.1, 0.15) is 15.9 Å². The highest BCUT2D eigenvalue weighted by atomic mass is 16.7. The molecule has 32 heavy (non-hydrogen) atoms. The second-order valence-electron chi connectivity index (χ2n) is 7.17. The summed E-state index contributed by atoms with van der Waals surface area (Å²) in [5.41, 5.74) is 1.58. The first-order valence-corrected chi connectivity index (χ1v) is 10.3. The number of hydrogen-bond acceptors (Lipinski definition) is 10. The molecule has 0 radical (unpaired) electrons. The molecule has 1 unspecified atom stereocenters. The Balaban J connectivity index is 2.30. The Morgan fingerprint density at radius 1 is 0.750 bits per heavy atom. The first kappa shape index (κ1) is 26.8. The van der Waals surface area contributed by atoms with Crippen LogP contribution < -0.4 is 0 Å². The van der Waals surface area contributed by atoms with E-state index in [-0.39, 0.29) is 33.8 Å². The van der Waals surface area contributed by atoms with E-state index in [4.69, 9.17) is 42.6 Å². The first-order chi connectivity index (χ1) is 15.7. The van der Waals surface area contributed by atoms with Crippen LogP contribution in [0.15, 0.2) is 24.3 Å². The number of hydrogen-bond donors (Lipinski definition) is 0. The quantitative estimate of drug-likeness (QED) is 0.205. The van der Waals surface area contributed by atoms with Crippen molar-refractivity contribution in [2.75, 3.05) is 62.2 Å². The third-order valence-electron chi connectivity index (χ3n) is 4.90. The zero-order valence-electron chi connectivity index (χ0n) is 19.1. The lowest BCUT2D eigenvalue weighted by Gasteiger charge is -2.46. The number of methoxy groups -OCH3 is 4. The van der Waals surface area contributed by atoms with Gasteiger partial charge in [-0.25, -0.2) is 0 Å². The molecule has 5 atom stereocenters. The number of benzene rings is 1. The molecule has 0 spiro atoms. The highest BCUT2D eigenvalue weighted by Gasteiger charge is 2.48. The fourth-order valence-corrected chi connectivity index (χ4v) is 3.53. The Kier molecular flexibility index (Phi) is 12.9. The van der Waals surface area contributed by atoms with E-state index in [2.05, 4.69) is 0 Å². The molecule has 1 aromatic rings. The normalized spacial score (nSPS) is 25.7. The number of rotatable bonds is 16. The Bertz CT molecular complexity index is 626. The van der Waals surface area contributed by atoms with Gasteiger partial charge in [0.05, 0.1) is 12.7 Å². The molecule has 2 rings (SSSR count). The minimum absolute atomic E-state index is 0.0382. The first-order valence-electron chi connectivity index (χ1n) is 10.3. The molecular formula is C22H34O10. The summed E-state index contributed by atoms with van der Waals surface area (Å²) in [6.45, 7) is 0.449. The zero-order chi connectivity index (χ0) is 23.2. The van der Waals surface area contributed by atoms with Crippen LogP contribution in [0.2, 0.25) is 0 Å². The third kappa shape index (κ3) is 8.14. The summed E-state index contributed by atoms with van der Waals surface area (Å²) in [6.07, 6.45) is -1.21. The Labute approximate surface area is 188 Å². The van der Waals surface area contributed by atoms with Crippen molar-refractivity contribution in [3.8, 4) is 0 Å². The molecular weight excluding hydrogens is 424 g/mol. The minimum Gasteiger partial charge on any atom is -0.367 e. The average molecular weight is 459 g/mol. The maximum atomic E-state index is 11.0. The van der Waals surface area contributed by atoms with Crippen LogP contribution in [0.3, 0.4) is 0 Å². The monoisotopic (exact) mass is 458 g/mol. The molecule has 1 aliphatic rings. The van der Waals surface area contributed by atoms with Crippen molar-refractivity contribution in [2.24, 2.45) is 0 Å². The predicted octanol–water partition coefficient (Wildman–Crippen LogP) is 1.40. The summed E-state index contributed by atoms with van der Waals surface area (Å²) in [6, 6.07) is 7.29. The molecule has 0 aromatic heterocycles. The van der Waals surface area contributed by atoms with E-state index >= 15 is 0 Å². The highest BCUT2D eigenvalue weighted by molar-refractivity contribution is 5.74. The summed E-state index contributed by atoms with van der Waals surface area (Å²) < 4.78 is 50.2. The van der Waals surface area contributed by atoms with Crippen molar-refractivity contribution in [1.82, 2.24) is 0 Å². The van der Waals surface area contributed by atoms with E-state index in [1.165, 1.54) is 7.11 Å². The van der Waals surface area contributed by atoms with Gasteiger partial charge in [-0.3, -0.25) is 4.79 Å². The summed E-state index contributed by atoms with van der Waals surface area (Å²) in [4.78, 5) is 11.0. The van der Waals surface area contributed by atoms with Crippen LogP contribution in [-0.4, -0.2) is 99.0 Å². The van der Waals surface area contributed by atoms with Crippen molar-refractivity contribution in [1.29, 1.82) is 0 Å². The molecule has 1 heterocycles. The maximum Gasteiger partial charge on any atom is 0.150 e. The Hall–Kier alpha value is -1.47. The number of carbonyl (C=O) groups excluding carboxylic acids is 1. The van der Waals surface area contributed by atoms with Crippen molar-refractivity contribution < 1.29 is 47.4 Å². The van der Waals surface area contributed by atoms with Crippen molar-refractivity contribution in [3.05, 3.63) is 35.4 Å². The molecule has 0 N–H and O–H groups in total. The molecule has 0 bridgehead atoms. The van der Waals surface area contributed by atoms with E-state index < -0.39 is 30.5 Å². The summed E-state index contributed by atoms with van der Waals surface area (Å²) in [5, 5.41) is 0. The van der Waals surface area contributed by atoms with Crippen LogP contribution in [0.5, 0.6) is 0 Å². The zero-order valence-corrected chi connectivity index (χ0v) is 19.1. The van der Waals surface area contributed by atoms with Gasteiger partial charge < -0.3 is 42.6 Å². The van der Waals surface area contributed by atoms with E-state index in [1.807, 2.05) is 12.1 Å². The molecule has 0 amide bonds. The van der Waals surface area contributed by atoms with Crippen LogP contribution >= 0.6 is 0 Å². The summed E-state index contributed by atoms with van der Waals surface area (Å²) in [5.74, 6) is 0. The van der Waals surface area contributed by atoms with Crippen molar-refractivity contribution >= 4 is 6.29 Å².